The molecule has 1 amide bonds. The summed E-state index contributed by atoms with van der Waals surface area (Å²) in [5.41, 5.74) is 1.08. The lowest BCUT2D eigenvalue weighted by Gasteiger charge is -2.10. The average Bonchev–Trinajstić information content (AvgIpc) is 3.41. The van der Waals surface area contributed by atoms with Crippen molar-refractivity contribution in [3.8, 4) is 5.75 Å². The van der Waals surface area contributed by atoms with E-state index in [0.29, 0.717) is 17.1 Å². The van der Waals surface area contributed by atoms with E-state index in [1.165, 1.54) is 19.2 Å². The number of methoxy groups -OCH3 is 1. The second-order valence-electron chi connectivity index (χ2n) is 5.62. The molecule has 0 saturated heterocycles. The first-order valence-electron chi connectivity index (χ1n) is 7.56. The van der Waals surface area contributed by atoms with Crippen molar-refractivity contribution in [3.05, 3.63) is 48.5 Å². The number of carbonyl (C=O) groups excluding carboxylic acids is 1. The lowest BCUT2D eigenvalue weighted by atomic mass is 10.2. The second-order valence-corrected chi connectivity index (χ2v) is 7.30. The number of carbonyl (C=O) groups is 1. The van der Waals surface area contributed by atoms with E-state index in [4.69, 9.17) is 4.74 Å². The van der Waals surface area contributed by atoms with Gasteiger partial charge in [-0.1, -0.05) is 0 Å². The molecule has 0 aliphatic heterocycles. The van der Waals surface area contributed by atoms with Crippen LogP contribution in [0.25, 0.3) is 0 Å². The minimum Gasteiger partial charge on any atom is -0.497 e. The van der Waals surface area contributed by atoms with Crippen LogP contribution in [0.4, 0.5) is 11.4 Å². The molecule has 3 rings (SSSR count). The zero-order valence-electron chi connectivity index (χ0n) is 13.2. The van der Waals surface area contributed by atoms with Crippen LogP contribution in [0.15, 0.2) is 53.4 Å². The van der Waals surface area contributed by atoms with Crippen molar-refractivity contribution in [2.75, 3.05) is 17.1 Å². The second kappa shape index (κ2) is 6.52. The van der Waals surface area contributed by atoms with Crippen LogP contribution < -0.4 is 14.8 Å². The molecule has 1 aliphatic carbocycles. The Kier molecular flexibility index (Phi) is 4.44. The fraction of sp³-hybridized carbons (Fsp3) is 0.235. The lowest BCUT2D eigenvalue weighted by Crippen LogP contribution is -2.14. The van der Waals surface area contributed by atoms with Crippen LogP contribution in [0.3, 0.4) is 0 Å². The van der Waals surface area contributed by atoms with Gasteiger partial charge in [-0.3, -0.25) is 9.52 Å². The summed E-state index contributed by atoms with van der Waals surface area (Å²) < 4.78 is 32.2. The molecule has 0 aromatic heterocycles. The maximum Gasteiger partial charge on any atom is 0.261 e. The molecule has 1 aliphatic rings. The molecule has 2 aromatic carbocycles. The summed E-state index contributed by atoms with van der Waals surface area (Å²) >= 11 is 0. The van der Waals surface area contributed by atoms with Gasteiger partial charge in [0.05, 0.1) is 12.0 Å². The average molecular weight is 346 g/mol. The Labute approximate surface area is 140 Å². The summed E-state index contributed by atoms with van der Waals surface area (Å²) in [5.74, 6) is 0.726. The Morgan fingerprint density at radius 1 is 1.00 bits per heavy atom. The Morgan fingerprint density at radius 2 is 1.58 bits per heavy atom. The van der Waals surface area contributed by atoms with Gasteiger partial charge in [0.25, 0.3) is 10.0 Å². The van der Waals surface area contributed by atoms with Crippen LogP contribution in [-0.2, 0) is 14.8 Å². The summed E-state index contributed by atoms with van der Waals surface area (Å²) in [5, 5.41) is 2.81. The molecule has 0 unspecified atom stereocenters. The first kappa shape index (κ1) is 16.3. The van der Waals surface area contributed by atoms with E-state index in [0.717, 1.165) is 12.8 Å². The van der Waals surface area contributed by atoms with Gasteiger partial charge >= 0.3 is 0 Å². The van der Waals surface area contributed by atoms with E-state index in [1.54, 1.807) is 36.4 Å². The van der Waals surface area contributed by atoms with Crippen molar-refractivity contribution in [2.24, 2.45) is 5.92 Å². The molecule has 7 heteroatoms. The smallest absolute Gasteiger partial charge is 0.261 e. The number of hydrogen-bond acceptors (Lipinski definition) is 4. The SMILES string of the molecule is COc1ccc(S(=O)(=O)Nc2ccc(NC(=O)C3CC3)cc2)cc1. The fourth-order valence-electron chi connectivity index (χ4n) is 2.18. The number of benzene rings is 2. The molecule has 0 spiro atoms. The van der Waals surface area contributed by atoms with E-state index in [-0.39, 0.29) is 16.7 Å². The standard InChI is InChI=1S/C17H18N2O4S/c1-23-15-8-10-16(11-9-15)24(21,22)19-14-6-4-13(5-7-14)18-17(20)12-2-3-12/h4-12,19H,2-3H2,1H3,(H,18,20). The normalized spacial score (nSPS) is 14.0. The lowest BCUT2D eigenvalue weighted by molar-refractivity contribution is -0.117. The van der Waals surface area contributed by atoms with Crippen LogP contribution in [0.2, 0.25) is 0 Å². The van der Waals surface area contributed by atoms with Crippen molar-refractivity contribution < 1.29 is 17.9 Å². The van der Waals surface area contributed by atoms with Crippen LogP contribution in [0.5, 0.6) is 5.75 Å². The van der Waals surface area contributed by atoms with Gasteiger partial charge in [-0.15, -0.1) is 0 Å². The molecule has 126 valence electrons. The third-order valence-electron chi connectivity index (χ3n) is 3.72. The highest BCUT2D eigenvalue weighted by atomic mass is 32.2. The van der Waals surface area contributed by atoms with Gasteiger partial charge in [0.2, 0.25) is 5.91 Å². The van der Waals surface area contributed by atoms with Crippen molar-refractivity contribution in [1.29, 1.82) is 0 Å². The Bertz CT molecular complexity index is 826. The fourth-order valence-corrected chi connectivity index (χ4v) is 3.24. The Balaban J connectivity index is 1.68. The number of nitrogens with one attached hydrogen (secondary N) is 2. The van der Waals surface area contributed by atoms with E-state index < -0.39 is 10.0 Å². The van der Waals surface area contributed by atoms with Crippen LogP contribution >= 0.6 is 0 Å². The molecule has 0 atom stereocenters. The van der Waals surface area contributed by atoms with Crippen molar-refractivity contribution in [2.45, 2.75) is 17.7 Å². The molecule has 2 aromatic rings. The highest BCUT2D eigenvalue weighted by molar-refractivity contribution is 7.92. The monoisotopic (exact) mass is 346 g/mol. The van der Waals surface area contributed by atoms with Gasteiger partial charge in [0.15, 0.2) is 0 Å². The molecular formula is C17H18N2O4S. The predicted molar refractivity (Wildman–Crippen MR) is 91.6 cm³/mol. The summed E-state index contributed by atoms with van der Waals surface area (Å²) in [4.78, 5) is 11.8. The van der Waals surface area contributed by atoms with Crippen LogP contribution in [-0.4, -0.2) is 21.4 Å². The quantitative estimate of drug-likeness (QED) is 0.842. The number of anilines is 2. The van der Waals surface area contributed by atoms with E-state index in [9.17, 15) is 13.2 Å². The highest BCUT2D eigenvalue weighted by Gasteiger charge is 2.29. The van der Waals surface area contributed by atoms with Crippen molar-refractivity contribution >= 4 is 27.3 Å². The third kappa shape index (κ3) is 3.86. The summed E-state index contributed by atoms with van der Waals surface area (Å²) in [6.07, 6.45) is 1.87. The van der Waals surface area contributed by atoms with Crippen molar-refractivity contribution in [1.82, 2.24) is 0 Å². The molecule has 24 heavy (non-hydrogen) atoms. The van der Waals surface area contributed by atoms with E-state index in [1.807, 2.05) is 0 Å². The van der Waals surface area contributed by atoms with Gasteiger partial charge in [-0.05, 0) is 61.4 Å². The first-order valence-corrected chi connectivity index (χ1v) is 9.04. The third-order valence-corrected chi connectivity index (χ3v) is 5.12. The van der Waals surface area contributed by atoms with Crippen LogP contribution in [0, 0.1) is 5.92 Å². The molecular weight excluding hydrogens is 328 g/mol. The summed E-state index contributed by atoms with van der Waals surface area (Å²) in [6.45, 7) is 0. The topological polar surface area (TPSA) is 84.5 Å². The molecule has 0 heterocycles. The van der Waals surface area contributed by atoms with Gasteiger partial charge in [-0.2, -0.15) is 0 Å². The molecule has 0 radical (unpaired) electrons. The largest absolute Gasteiger partial charge is 0.497 e. The molecule has 6 nitrogen and oxygen atoms in total. The zero-order chi connectivity index (χ0) is 17.2. The van der Waals surface area contributed by atoms with E-state index >= 15 is 0 Å². The maximum absolute atomic E-state index is 12.3. The van der Waals surface area contributed by atoms with Gasteiger partial charge < -0.3 is 10.1 Å². The first-order chi connectivity index (χ1) is 11.5. The number of amides is 1. The van der Waals surface area contributed by atoms with Crippen molar-refractivity contribution in [3.63, 3.8) is 0 Å². The molecule has 1 fully saturated rings. The Hall–Kier alpha value is -2.54. The van der Waals surface area contributed by atoms with Gasteiger partial charge in [0, 0.05) is 17.3 Å². The minimum atomic E-state index is -3.67. The van der Waals surface area contributed by atoms with Gasteiger partial charge in [-0.25, -0.2) is 8.42 Å². The number of rotatable bonds is 6. The number of hydrogen-bond donors (Lipinski definition) is 2. The van der Waals surface area contributed by atoms with Crippen LogP contribution in [0.1, 0.15) is 12.8 Å². The summed E-state index contributed by atoms with van der Waals surface area (Å²) in [6, 6.07) is 12.7. The minimum absolute atomic E-state index is 0.0153. The molecule has 1 saturated carbocycles. The maximum atomic E-state index is 12.3. The van der Waals surface area contributed by atoms with E-state index in [2.05, 4.69) is 10.0 Å². The number of ether oxygens (including phenoxy) is 1. The predicted octanol–water partition coefficient (Wildman–Crippen LogP) is 2.84. The molecule has 0 bridgehead atoms. The summed E-state index contributed by atoms with van der Waals surface area (Å²) in [7, 11) is -2.15. The zero-order valence-corrected chi connectivity index (χ0v) is 14.0. The Morgan fingerprint density at radius 3 is 2.12 bits per heavy atom. The highest BCUT2D eigenvalue weighted by Crippen LogP contribution is 2.30. The molecule has 2 N–H and O–H groups in total. The van der Waals surface area contributed by atoms with Gasteiger partial charge in [0.1, 0.15) is 5.75 Å². The number of sulfonamides is 1.